The summed E-state index contributed by atoms with van der Waals surface area (Å²) in [4.78, 5) is 4.35. The van der Waals surface area contributed by atoms with Crippen molar-refractivity contribution in [2.75, 3.05) is 11.5 Å². The number of aromatic nitrogens is 1. The molecular weight excluding hydrogens is 286 g/mol. The summed E-state index contributed by atoms with van der Waals surface area (Å²) < 4.78 is 23.1. The van der Waals surface area contributed by atoms with Gasteiger partial charge in [-0.05, 0) is 36.5 Å². The molecule has 2 heterocycles. The minimum absolute atomic E-state index is 0.0466. The van der Waals surface area contributed by atoms with Crippen LogP contribution in [-0.2, 0) is 9.84 Å². The molecule has 1 fully saturated rings. The molecule has 2 unspecified atom stereocenters. The van der Waals surface area contributed by atoms with E-state index in [2.05, 4.69) is 10.4 Å². The Labute approximate surface area is 124 Å². The molecule has 6 heteroatoms. The van der Waals surface area contributed by atoms with Gasteiger partial charge in [0.1, 0.15) is 0 Å². The van der Waals surface area contributed by atoms with E-state index in [4.69, 9.17) is 5.84 Å². The van der Waals surface area contributed by atoms with E-state index in [1.54, 1.807) is 6.20 Å². The Morgan fingerprint density at radius 2 is 2.24 bits per heavy atom. The third-order valence-electron chi connectivity index (χ3n) is 4.13. The van der Waals surface area contributed by atoms with Gasteiger partial charge in [0, 0.05) is 17.6 Å². The van der Waals surface area contributed by atoms with Crippen LogP contribution in [0, 0.1) is 5.92 Å². The van der Waals surface area contributed by atoms with Crippen molar-refractivity contribution < 1.29 is 8.42 Å². The monoisotopic (exact) mass is 305 g/mol. The molecule has 1 saturated heterocycles. The fourth-order valence-electron chi connectivity index (χ4n) is 2.99. The molecule has 1 aromatic heterocycles. The summed E-state index contributed by atoms with van der Waals surface area (Å²) in [6.07, 6.45) is 3.22. The van der Waals surface area contributed by atoms with Gasteiger partial charge in [-0.1, -0.05) is 18.2 Å². The highest BCUT2D eigenvalue weighted by molar-refractivity contribution is 7.91. The predicted molar refractivity (Wildman–Crippen MR) is 83.2 cm³/mol. The molecule has 1 aliphatic heterocycles. The van der Waals surface area contributed by atoms with Crippen LogP contribution in [0.25, 0.3) is 10.9 Å². The fraction of sp³-hybridized carbons (Fsp3) is 0.400. The van der Waals surface area contributed by atoms with Crippen molar-refractivity contribution in [2.45, 2.75) is 18.9 Å². The number of hydrogen-bond donors (Lipinski definition) is 2. The zero-order chi connectivity index (χ0) is 14.9. The zero-order valence-electron chi connectivity index (χ0n) is 11.7. The number of hydrogen-bond acceptors (Lipinski definition) is 5. The van der Waals surface area contributed by atoms with E-state index in [1.807, 2.05) is 30.3 Å². The summed E-state index contributed by atoms with van der Waals surface area (Å²) in [5.74, 6) is 6.43. The second kappa shape index (κ2) is 5.71. The van der Waals surface area contributed by atoms with Crippen molar-refractivity contribution in [3.05, 3.63) is 42.1 Å². The summed E-state index contributed by atoms with van der Waals surface area (Å²) in [6, 6.07) is 9.94. The van der Waals surface area contributed by atoms with Crippen LogP contribution in [0.5, 0.6) is 0 Å². The second-order valence-corrected chi connectivity index (χ2v) is 7.91. The molecule has 112 valence electrons. The first-order chi connectivity index (χ1) is 10.1. The smallest absolute Gasteiger partial charge is 0.150 e. The molecule has 5 nitrogen and oxygen atoms in total. The molecule has 1 aliphatic rings. The number of nitrogens with zero attached hydrogens (tertiary/aromatic N) is 1. The summed E-state index contributed by atoms with van der Waals surface area (Å²) in [5, 5.41) is 1.08. The van der Waals surface area contributed by atoms with Gasteiger partial charge < -0.3 is 0 Å². The third kappa shape index (κ3) is 3.23. The van der Waals surface area contributed by atoms with Crippen LogP contribution in [0.1, 0.15) is 24.4 Å². The molecule has 0 bridgehead atoms. The number of pyridine rings is 1. The van der Waals surface area contributed by atoms with Crippen LogP contribution in [-0.4, -0.2) is 24.9 Å². The van der Waals surface area contributed by atoms with Crippen molar-refractivity contribution in [1.29, 1.82) is 0 Å². The standard InChI is InChI=1S/C15H19N3O2S/c16-18-15(8-11-5-7-21(19,20)10-11)13-4-3-12-2-1-6-17-14(12)9-13/h1-4,6,9,11,15,18H,5,7-8,10,16H2. The number of benzene rings is 1. The van der Waals surface area contributed by atoms with E-state index >= 15 is 0 Å². The average molecular weight is 305 g/mol. The first kappa shape index (κ1) is 14.4. The van der Waals surface area contributed by atoms with Gasteiger partial charge in [0.05, 0.1) is 17.0 Å². The Kier molecular flexibility index (Phi) is 3.93. The predicted octanol–water partition coefficient (Wildman–Crippen LogP) is 1.56. The molecular formula is C15H19N3O2S. The Balaban J connectivity index is 1.81. The van der Waals surface area contributed by atoms with Gasteiger partial charge in [-0.25, -0.2) is 8.42 Å². The first-order valence-electron chi connectivity index (χ1n) is 7.08. The maximum Gasteiger partial charge on any atom is 0.150 e. The number of sulfone groups is 1. The third-order valence-corrected chi connectivity index (χ3v) is 5.97. The topological polar surface area (TPSA) is 85.1 Å². The highest BCUT2D eigenvalue weighted by atomic mass is 32.2. The van der Waals surface area contributed by atoms with Gasteiger partial charge in [0.25, 0.3) is 0 Å². The van der Waals surface area contributed by atoms with E-state index in [9.17, 15) is 8.42 Å². The van der Waals surface area contributed by atoms with Gasteiger partial charge in [0.2, 0.25) is 0 Å². The highest BCUT2D eigenvalue weighted by Gasteiger charge is 2.30. The lowest BCUT2D eigenvalue weighted by atomic mass is 9.94. The van der Waals surface area contributed by atoms with Gasteiger partial charge in [-0.15, -0.1) is 0 Å². The van der Waals surface area contributed by atoms with Crippen LogP contribution < -0.4 is 11.3 Å². The lowest BCUT2D eigenvalue weighted by Gasteiger charge is -2.19. The first-order valence-corrected chi connectivity index (χ1v) is 8.91. The maximum absolute atomic E-state index is 11.6. The van der Waals surface area contributed by atoms with Gasteiger partial charge in [-0.2, -0.15) is 0 Å². The lowest BCUT2D eigenvalue weighted by Crippen LogP contribution is -2.30. The molecule has 3 N–H and O–H groups in total. The summed E-state index contributed by atoms with van der Waals surface area (Å²) in [6.45, 7) is 0. The van der Waals surface area contributed by atoms with Crippen molar-refractivity contribution in [1.82, 2.24) is 10.4 Å². The molecule has 0 aliphatic carbocycles. The van der Waals surface area contributed by atoms with Crippen molar-refractivity contribution in [3.63, 3.8) is 0 Å². The Morgan fingerprint density at radius 1 is 1.38 bits per heavy atom. The van der Waals surface area contributed by atoms with Gasteiger partial charge in [-0.3, -0.25) is 16.3 Å². The highest BCUT2D eigenvalue weighted by Crippen LogP contribution is 2.29. The molecule has 21 heavy (non-hydrogen) atoms. The SMILES string of the molecule is NNC(CC1CCS(=O)(=O)C1)c1ccc2cccnc2c1. The van der Waals surface area contributed by atoms with Crippen LogP contribution >= 0.6 is 0 Å². The number of hydrazine groups is 1. The summed E-state index contributed by atoms with van der Waals surface area (Å²) >= 11 is 0. The Bertz CT molecular complexity index is 745. The van der Waals surface area contributed by atoms with E-state index in [0.717, 1.165) is 29.3 Å². The quantitative estimate of drug-likeness (QED) is 0.661. The maximum atomic E-state index is 11.6. The van der Waals surface area contributed by atoms with Crippen LogP contribution in [0.15, 0.2) is 36.5 Å². The molecule has 0 radical (unpaired) electrons. The Hall–Kier alpha value is -1.50. The van der Waals surface area contributed by atoms with Crippen molar-refractivity contribution >= 4 is 20.7 Å². The van der Waals surface area contributed by atoms with Gasteiger partial charge in [0.15, 0.2) is 9.84 Å². The second-order valence-electron chi connectivity index (χ2n) is 5.68. The van der Waals surface area contributed by atoms with E-state index in [-0.39, 0.29) is 17.7 Å². The molecule has 0 spiro atoms. The number of nitrogens with two attached hydrogens (primary N) is 1. The van der Waals surface area contributed by atoms with Crippen LogP contribution in [0.3, 0.4) is 0 Å². The van der Waals surface area contributed by atoms with Crippen LogP contribution in [0.2, 0.25) is 0 Å². The summed E-state index contributed by atoms with van der Waals surface area (Å²) in [5.41, 5.74) is 4.79. The Morgan fingerprint density at radius 3 is 2.95 bits per heavy atom. The molecule has 1 aromatic carbocycles. The molecule has 0 amide bonds. The largest absolute Gasteiger partial charge is 0.271 e. The van der Waals surface area contributed by atoms with E-state index < -0.39 is 9.84 Å². The average Bonchev–Trinajstić information content (AvgIpc) is 2.83. The zero-order valence-corrected chi connectivity index (χ0v) is 12.5. The van der Waals surface area contributed by atoms with Crippen molar-refractivity contribution in [3.8, 4) is 0 Å². The van der Waals surface area contributed by atoms with Gasteiger partial charge >= 0.3 is 0 Å². The fourth-order valence-corrected chi connectivity index (χ4v) is 4.87. The number of fused-ring (bicyclic) bond motifs is 1. The van der Waals surface area contributed by atoms with Crippen molar-refractivity contribution in [2.24, 2.45) is 11.8 Å². The number of nitrogens with one attached hydrogen (secondary N) is 1. The molecule has 2 atom stereocenters. The normalized spacial score (nSPS) is 22.4. The molecule has 0 saturated carbocycles. The summed E-state index contributed by atoms with van der Waals surface area (Å²) in [7, 11) is -2.85. The lowest BCUT2D eigenvalue weighted by molar-refractivity contribution is 0.421. The van der Waals surface area contributed by atoms with Crippen LogP contribution in [0.4, 0.5) is 0 Å². The minimum atomic E-state index is -2.85. The van der Waals surface area contributed by atoms with E-state index in [0.29, 0.717) is 5.75 Å². The molecule has 2 aromatic rings. The number of rotatable bonds is 4. The van der Waals surface area contributed by atoms with E-state index in [1.165, 1.54) is 0 Å². The minimum Gasteiger partial charge on any atom is -0.271 e. The molecule has 3 rings (SSSR count).